The molecule has 3 aromatic rings. The minimum Gasteiger partial charge on any atom is -0.473 e. The Kier molecular flexibility index (Phi) is 4.89. The number of anilines is 3. The van der Waals surface area contributed by atoms with Gasteiger partial charge in [-0.2, -0.15) is 9.61 Å². The summed E-state index contributed by atoms with van der Waals surface area (Å²) in [6.45, 7) is 0. The van der Waals surface area contributed by atoms with Gasteiger partial charge in [-0.05, 0) is 37.8 Å². The van der Waals surface area contributed by atoms with E-state index in [2.05, 4.69) is 31.0 Å². The van der Waals surface area contributed by atoms with Crippen LogP contribution in [0.15, 0.2) is 30.6 Å². The summed E-state index contributed by atoms with van der Waals surface area (Å²) in [7, 11) is 1.80. The van der Waals surface area contributed by atoms with Crippen molar-refractivity contribution < 1.29 is 14.9 Å². The lowest BCUT2D eigenvalue weighted by Gasteiger charge is -2.34. The maximum Gasteiger partial charge on any atom is 0.238 e. The van der Waals surface area contributed by atoms with Crippen molar-refractivity contribution in [3.05, 3.63) is 36.2 Å². The summed E-state index contributed by atoms with van der Waals surface area (Å²) in [5.41, 5.74) is 1.77. The third-order valence-electron chi connectivity index (χ3n) is 5.50. The van der Waals surface area contributed by atoms with E-state index >= 15 is 0 Å². The molecule has 0 spiro atoms. The Bertz CT molecular complexity index is 1050. The first-order chi connectivity index (χ1) is 14.6. The van der Waals surface area contributed by atoms with Gasteiger partial charge in [0.2, 0.25) is 5.88 Å². The molecule has 3 heterocycles. The van der Waals surface area contributed by atoms with Crippen molar-refractivity contribution >= 4 is 23.0 Å². The quantitative estimate of drug-likeness (QED) is 0.351. The molecule has 2 aliphatic carbocycles. The lowest BCUT2D eigenvalue weighted by molar-refractivity contribution is 0.0106. The standard InChI is InChI=1S/C20H25N7O3/c1-21-17-9-16(24-14-3-2-8-22-20(14)30-11-4-5-11)26-18-12(10-23-27(17)18)19(29)25-13-6-7-15(13)28/h2-3,8-11,13,15,19,21,25,28-29H,4-7H2,1H3,(H,24,26)/t13-,15-,19?/m0/s1. The number of pyridine rings is 1. The van der Waals surface area contributed by atoms with Crippen LogP contribution in [-0.4, -0.2) is 55.1 Å². The van der Waals surface area contributed by atoms with Crippen LogP contribution in [-0.2, 0) is 0 Å². The molecule has 158 valence electrons. The Morgan fingerprint density at radius 2 is 2.13 bits per heavy atom. The summed E-state index contributed by atoms with van der Waals surface area (Å²) in [4.78, 5) is 9.00. The van der Waals surface area contributed by atoms with Crippen LogP contribution in [0.1, 0.15) is 37.5 Å². The van der Waals surface area contributed by atoms with Gasteiger partial charge in [0.15, 0.2) is 5.65 Å². The van der Waals surface area contributed by atoms with Crippen molar-refractivity contribution in [1.82, 2.24) is 24.9 Å². The largest absolute Gasteiger partial charge is 0.473 e. The molecule has 3 atom stereocenters. The number of ether oxygens (including phenoxy) is 1. The molecule has 10 heteroatoms. The molecular weight excluding hydrogens is 386 g/mol. The van der Waals surface area contributed by atoms with E-state index in [1.807, 2.05) is 18.2 Å². The molecule has 10 nitrogen and oxygen atoms in total. The highest BCUT2D eigenvalue weighted by Crippen LogP contribution is 2.32. The second kappa shape index (κ2) is 7.71. The highest BCUT2D eigenvalue weighted by molar-refractivity contribution is 5.67. The molecular formula is C20H25N7O3. The normalized spacial score (nSPS) is 21.8. The number of aliphatic hydroxyl groups excluding tert-OH is 2. The number of nitrogens with one attached hydrogen (secondary N) is 3. The van der Waals surface area contributed by atoms with E-state index in [-0.39, 0.29) is 12.1 Å². The molecule has 3 aromatic heterocycles. The Morgan fingerprint density at radius 3 is 2.83 bits per heavy atom. The minimum atomic E-state index is -0.984. The second-order valence-corrected chi connectivity index (χ2v) is 7.73. The van der Waals surface area contributed by atoms with Crippen LogP contribution in [0.5, 0.6) is 5.88 Å². The third kappa shape index (κ3) is 3.64. The fourth-order valence-electron chi connectivity index (χ4n) is 3.45. The molecule has 2 aliphatic rings. The van der Waals surface area contributed by atoms with E-state index in [0.29, 0.717) is 28.7 Å². The molecule has 0 bridgehead atoms. The fraction of sp³-hybridized carbons (Fsp3) is 0.450. The highest BCUT2D eigenvalue weighted by Gasteiger charge is 2.31. The van der Waals surface area contributed by atoms with Crippen molar-refractivity contribution in [1.29, 1.82) is 0 Å². The van der Waals surface area contributed by atoms with E-state index in [0.717, 1.165) is 31.4 Å². The summed E-state index contributed by atoms with van der Waals surface area (Å²) < 4.78 is 7.52. The number of aliphatic hydroxyl groups is 2. The Morgan fingerprint density at radius 1 is 1.27 bits per heavy atom. The summed E-state index contributed by atoms with van der Waals surface area (Å²) in [6, 6.07) is 5.42. The zero-order valence-corrected chi connectivity index (χ0v) is 16.6. The van der Waals surface area contributed by atoms with Gasteiger partial charge >= 0.3 is 0 Å². The van der Waals surface area contributed by atoms with Gasteiger partial charge in [0.1, 0.15) is 29.7 Å². The predicted octanol–water partition coefficient (Wildman–Crippen LogP) is 1.55. The second-order valence-electron chi connectivity index (χ2n) is 7.73. The van der Waals surface area contributed by atoms with Gasteiger partial charge < -0.3 is 25.6 Å². The molecule has 30 heavy (non-hydrogen) atoms. The summed E-state index contributed by atoms with van der Waals surface area (Å²) in [5, 5.41) is 34.3. The van der Waals surface area contributed by atoms with Gasteiger partial charge in [-0.25, -0.2) is 9.97 Å². The van der Waals surface area contributed by atoms with Crippen LogP contribution in [0.2, 0.25) is 0 Å². The molecule has 0 radical (unpaired) electrons. The number of nitrogens with zero attached hydrogens (tertiary/aromatic N) is 4. The van der Waals surface area contributed by atoms with Crippen molar-refractivity contribution in [2.45, 2.75) is 50.2 Å². The topological polar surface area (TPSA) is 129 Å². The van der Waals surface area contributed by atoms with Crippen molar-refractivity contribution in [3.63, 3.8) is 0 Å². The van der Waals surface area contributed by atoms with Gasteiger partial charge in [-0.1, -0.05) is 0 Å². The molecule has 0 amide bonds. The molecule has 2 saturated carbocycles. The van der Waals surface area contributed by atoms with E-state index < -0.39 is 12.3 Å². The summed E-state index contributed by atoms with van der Waals surface area (Å²) in [5.74, 6) is 1.82. The zero-order valence-electron chi connectivity index (χ0n) is 16.6. The third-order valence-corrected chi connectivity index (χ3v) is 5.50. The van der Waals surface area contributed by atoms with Gasteiger partial charge in [0.25, 0.3) is 0 Å². The number of aromatic nitrogens is 4. The van der Waals surface area contributed by atoms with Crippen molar-refractivity contribution in [3.8, 4) is 5.88 Å². The first-order valence-electron chi connectivity index (χ1n) is 10.2. The predicted molar refractivity (Wildman–Crippen MR) is 111 cm³/mol. The van der Waals surface area contributed by atoms with Crippen LogP contribution in [0.3, 0.4) is 0 Å². The van der Waals surface area contributed by atoms with E-state index in [1.54, 1.807) is 24.0 Å². The van der Waals surface area contributed by atoms with E-state index in [4.69, 9.17) is 4.74 Å². The van der Waals surface area contributed by atoms with Gasteiger partial charge in [0.05, 0.1) is 17.9 Å². The molecule has 5 rings (SSSR count). The average molecular weight is 411 g/mol. The van der Waals surface area contributed by atoms with Gasteiger partial charge in [-0.3, -0.25) is 5.32 Å². The van der Waals surface area contributed by atoms with Crippen molar-refractivity contribution in [2.24, 2.45) is 0 Å². The molecule has 5 N–H and O–H groups in total. The number of fused-ring (bicyclic) bond motifs is 1. The van der Waals surface area contributed by atoms with Gasteiger partial charge in [-0.15, -0.1) is 0 Å². The molecule has 0 saturated heterocycles. The summed E-state index contributed by atoms with van der Waals surface area (Å²) >= 11 is 0. The highest BCUT2D eigenvalue weighted by atomic mass is 16.5. The van der Waals surface area contributed by atoms with Crippen LogP contribution in [0.4, 0.5) is 17.3 Å². The molecule has 1 unspecified atom stereocenters. The average Bonchev–Trinajstić information content (AvgIpc) is 3.47. The van der Waals surface area contributed by atoms with Crippen LogP contribution in [0.25, 0.3) is 5.65 Å². The Hall–Kier alpha value is -2.95. The number of rotatable bonds is 8. The van der Waals surface area contributed by atoms with Crippen LogP contribution in [0, 0.1) is 0 Å². The SMILES string of the molecule is CNc1cc(Nc2cccnc2OC2CC2)nc2c(C(O)N[C@H]3CC[C@@H]3O)cnn12. The molecule has 0 aliphatic heterocycles. The lowest BCUT2D eigenvalue weighted by Crippen LogP contribution is -2.49. The van der Waals surface area contributed by atoms with Crippen LogP contribution < -0.4 is 20.7 Å². The Balaban J connectivity index is 1.45. The number of hydrogen-bond acceptors (Lipinski definition) is 9. The zero-order chi connectivity index (χ0) is 20.7. The van der Waals surface area contributed by atoms with Gasteiger partial charge in [0, 0.05) is 25.4 Å². The first kappa shape index (κ1) is 19.0. The fourth-order valence-corrected chi connectivity index (χ4v) is 3.45. The number of hydrogen-bond donors (Lipinski definition) is 5. The van der Waals surface area contributed by atoms with E-state index in [9.17, 15) is 10.2 Å². The molecule has 2 fully saturated rings. The van der Waals surface area contributed by atoms with Crippen LogP contribution >= 0.6 is 0 Å². The monoisotopic (exact) mass is 411 g/mol. The maximum atomic E-state index is 10.7. The summed E-state index contributed by atoms with van der Waals surface area (Å²) in [6.07, 6.45) is 5.75. The minimum absolute atomic E-state index is 0.127. The lowest BCUT2D eigenvalue weighted by atomic mass is 9.89. The smallest absolute Gasteiger partial charge is 0.238 e. The molecule has 0 aromatic carbocycles. The maximum absolute atomic E-state index is 10.7. The van der Waals surface area contributed by atoms with Crippen molar-refractivity contribution in [2.75, 3.05) is 17.7 Å². The van der Waals surface area contributed by atoms with E-state index in [1.165, 1.54) is 0 Å². The first-order valence-corrected chi connectivity index (χ1v) is 10.2. The Labute approximate surface area is 173 Å².